The highest BCUT2D eigenvalue weighted by Gasteiger charge is 2.58. The summed E-state index contributed by atoms with van der Waals surface area (Å²) in [6.45, 7) is 26.1. The van der Waals surface area contributed by atoms with E-state index in [-0.39, 0.29) is 33.9 Å². The van der Waals surface area contributed by atoms with Crippen molar-refractivity contribution in [1.29, 1.82) is 0 Å². The third-order valence-electron chi connectivity index (χ3n) is 17.9. The Kier molecular flexibility index (Phi) is 9.90. The van der Waals surface area contributed by atoms with Crippen LogP contribution in [0.5, 0.6) is 0 Å². The molecule has 8 aromatic carbocycles. The number of hydrogen-bond acceptors (Lipinski definition) is 4. The van der Waals surface area contributed by atoms with E-state index in [0.29, 0.717) is 0 Å². The van der Waals surface area contributed by atoms with E-state index in [4.69, 9.17) is 4.42 Å². The zero-order valence-corrected chi connectivity index (χ0v) is 44.7. The smallest absolute Gasteiger partial charge is 0.252 e. The summed E-state index contributed by atoms with van der Waals surface area (Å²) in [6, 6.07) is 63.0. The minimum Gasteiger partial charge on any atom is -0.456 e. The van der Waals surface area contributed by atoms with Crippen LogP contribution >= 0.6 is 0 Å². The van der Waals surface area contributed by atoms with Gasteiger partial charge in [-0.3, -0.25) is 0 Å². The van der Waals surface area contributed by atoms with E-state index in [1.54, 1.807) is 0 Å². The molecule has 1 saturated carbocycles. The lowest BCUT2D eigenvalue weighted by Crippen LogP contribution is -2.61. The molecule has 5 heteroatoms. The molecule has 73 heavy (non-hydrogen) atoms. The maximum absolute atomic E-state index is 6.90. The molecule has 3 aliphatic heterocycles. The Labute approximate surface area is 433 Å². The highest BCUT2D eigenvalue weighted by Crippen LogP contribution is 2.62. The second-order valence-corrected chi connectivity index (χ2v) is 25.3. The molecule has 1 aromatic heterocycles. The molecule has 0 N–H and O–H groups in total. The van der Waals surface area contributed by atoms with Gasteiger partial charge >= 0.3 is 0 Å². The molecule has 2 atom stereocenters. The average Bonchev–Trinajstić information content (AvgIpc) is 3.85. The molecular weight excluding hydrogens is 886 g/mol. The van der Waals surface area contributed by atoms with Crippen LogP contribution in [0.4, 0.5) is 45.5 Å². The van der Waals surface area contributed by atoms with Gasteiger partial charge in [-0.25, -0.2) is 0 Å². The van der Waals surface area contributed by atoms with Crippen LogP contribution in [0.2, 0.25) is 0 Å². The predicted molar refractivity (Wildman–Crippen MR) is 312 cm³/mol. The van der Waals surface area contributed by atoms with Crippen LogP contribution in [0, 0.1) is 0 Å². The van der Waals surface area contributed by atoms with Crippen LogP contribution in [0.25, 0.3) is 33.1 Å². The topological polar surface area (TPSA) is 22.9 Å². The molecule has 9 aromatic rings. The molecule has 4 heterocycles. The highest BCUT2D eigenvalue weighted by molar-refractivity contribution is 7.00. The van der Waals surface area contributed by atoms with Crippen LogP contribution in [0.3, 0.4) is 0 Å². The summed E-state index contributed by atoms with van der Waals surface area (Å²) < 4.78 is 6.90. The van der Waals surface area contributed by atoms with Gasteiger partial charge in [0.05, 0.1) is 22.3 Å². The maximum Gasteiger partial charge on any atom is 0.252 e. The molecule has 1 fully saturated rings. The summed E-state index contributed by atoms with van der Waals surface area (Å²) in [7, 11) is 0. The van der Waals surface area contributed by atoms with Crippen LogP contribution in [0.1, 0.15) is 124 Å². The lowest BCUT2D eigenvalue weighted by Gasteiger charge is -2.51. The zero-order chi connectivity index (χ0) is 50.6. The molecule has 1 aliphatic carbocycles. The van der Waals surface area contributed by atoms with Crippen molar-refractivity contribution in [3.63, 3.8) is 0 Å². The van der Waals surface area contributed by atoms with Crippen molar-refractivity contribution < 1.29 is 4.42 Å². The third-order valence-corrected chi connectivity index (χ3v) is 17.9. The first-order valence-electron chi connectivity index (χ1n) is 26.9. The van der Waals surface area contributed by atoms with Crippen molar-refractivity contribution in [2.75, 3.05) is 14.7 Å². The Balaban J connectivity index is 1.22. The van der Waals surface area contributed by atoms with Gasteiger partial charge in [-0.15, -0.1) is 0 Å². The van der Waals surface area contributed by atoms with Crippen molar-refractivity contribution in [2.45, 2.75) is 129 Å². The van der Waals surface area contributed by atoms with Crippen LogP contribution in [-0.2, 0) is 21.7 Å². The number of anilines is 8. The number of benzene rings is 8. The molecule has 0 bridgehead atoms. The minimum absolute atomic E-state index is 0.0239. The number of para-hydroxylation sites is 2. The molecule has 0 amide bonds. The van der Waals surface area contributed by atoms with Gasteiger partial charge in [0, 0.05) is 50.5 Å². The van der Waals surface area contributed by atoms with E-state index in [1.807, 2.05) is 0 Å². The lowest BCUT2D eigenvalue weighted by atomic mass is 9.33. The Bertz CT molecular complexity index is 3710. The van der Waals surface area contributed by atoms with Gasteiger partial charge in [-0.1, -0.05) is 185 Å². The van der Waals surface area contributed by atoms with E-state index in [9.17, 15) is 0 Å². The summed E-state index contributed by atoms with van der Waals surface area (Å²) in [5.41, 5.74) is 22.9. The molecule has 13 rings (SSSR count). The summed E-state index contributed by atoms with van der Waals surface area (Å²) in [5, 5.41) is 2.28. The first-order valence-corrected chi connectivity index (χ1v) is 26.9. The fourth-order valence-corrected chi connectivity index (χ4v) is 13.7. The van der Waals surface area contributed by atoms with Crippen molar-refractivity contribution in [1.82, 2.24) is 0 Å². The van der Waals surface area contributed by atoms with Crippen LogP contribution < -0.4 is 31.1 Å². The molecule has 0 spiro atoms. The van der Waals surface area contributed by atoms with Crippen molar-refractivity contribution >= 4 is 90.5 Å². The third kappa shape index (κ3) is 6.72. The molecule has 4 nitrogen and oxygen atoms in total. The van der Waals surface area contributed by atoms with Gasteiger partial charge in [0.25, 0.3) is 6.71 Å². The predicted octanol–water partition coefficient (Wildman–Crippen LogP) is 17.0. The standard InChI is InChI=1S/C68H68BN3O/c1-64(2,3)44-24-21-25-47(38-44)70-56-40-46(66(7,8)9)30-32-52(56)69-53-33-35-60-61(49-26-15-18-29-59(49)73-60)63(53)71(54-34-31-45(65(4,5)6)39-50(54)43-22-13-12-14-23-43)58-42-48(41-57(70)62(58)69)72-55-28-17-16-27-51(55)67(10)36-19-20-37-68(67,72)11/h12-18,21-35,38-42H,19-20,36-37H2,1-11H3. The second-order valence-electron chi connectivity index (χ2n) is 25.3. The number of rotatable bonds is 4. The lowest BCUT2D eigenvalue weighted by molar-refractivity contribution is 0.195. The molecule has 0 radical (unpaired) electrons. The first kappa shape index (κ1) is 45.9. The molecular formula is C68H68BN3O. The van der Waals surface area contributed by atoms with Gasteiger partial charge < -0.3 is 19.1 Å². The van der Waals surface area contributed by atoms with E-state index < -0.39 is 0 Å². The van der Waals surface area contributed by atoms with Gasteiger partial charge in [0.2, 0.25) is 0 Å². The van der Waals surface area contributed by atoms with Gasteiger partial charge in [0.1, 0.15) is 11.2 Å². The monoisotopic (exact) mass is 954 g/mol. The van der Waals surface area contributed by atoms with Crippen molar-refractivity contribution in [3.8, 4) is 11.1 Å². The van der Waals surface area contributed by atoms with E-state index >= 15 is 0 Å². The fraction of sp³-hybridized carbons (Fsp3) is 0.294. The summed E-state index contributed by atoms with van der Waals surface area (Å²) >= 11 is 0. The average molecular weight is 954 g/mol. The van der Waals surface area contributed by atoms with Gasteiger partial charge in [-0.05, 0) is 141 Å². The fourth-order valence-electron chi connectivity index (χ4n) is 13.7. The van der Waals surface area contributed by atoms with Gasteiger partial charge in [-0.2, -0.15) is 0 Å². The first-order chi connectivity index (χ1) is 34.8. The number of furan rings is 1. The second kappa shape index (κ2) is 15.8. The Hall–Kier alpha value is -6.98. The number of nitrogens with zero attached hydrogens (tertiary/aromatic N) is 3. The highest BCUT2D eigenvalue weighted by atomic mass is 16.3. The number of hydrogen-bond donors (Lipinski definition) is 0. The number of fused-ring (bicyclic) bond motifs is 11. The van der Waals surface area contributed by atoms with Crippen molar-refractivity contribution in [2.24, 2.45) is 0 Å². The van der Waals surface area contributed by atoms with Crippen LogP contribution in [-0.4, -0.2) is 12.3 Å². The largest absolute Gasteiger partial charge is 0.456 e. The Morgan fingerprint density at radius 2 is 1.12 bits per heavy atom. The maximum atomic E-state index is 6.90. The van der Waals surface area contributed by atoms with Crippen LogP contribution in [0.15, 0.2) is 168 Å². The Morgan fingerprint density at radius 3 is 1.89 bits per heavy atom. The summed E-state index contributed by atoms with van der Waals surface area (Å²) in [4.78, 5) is 8.12. The Morgan fingerprint density at radius 1 is 0.479 bits per heavy atom. The normalized spacial score (nSPS) is 19.2. The molecule has 0 saturated heterocycles. The molecule has 4 aliphatic rings. The van der Waals surface area contributed by atoms with E-state index in [1.165, 1.54) is 102 Å². The van der Waals surface area contributed by atoms with Gasteiger partial charge in [0.15, 0.2) is 0 Å². The molecule has 2 unspecified atom stereocenters. The van der Waals surface area contributed by atoms with Crippen molar-refractivity contribution in [3.05, 3.63) is 186 Å². The van der Waals surface area contributed by atoms with E-state index in [0.717, 1.165) is 40.5 Å². The zero-order valence-electron chi connectivity index (χ0n) is 44.7. The summed E-state index contributed by atoms with van der Waals surface area (Å²) in [5.74, 6) is 0. The minimum atomic E-state index is -0.159. The van der Waals surface area contributed by atoms with E-state index in [2.05, 4.69) is 255 Å². The summed E-state index contributed by atoms with van der Waals surface area (Å²) in [6.07, 6.45) is 4.72. The quantitative estimate of drug-likeness (QED) is 0.164. The molecule has 364 valence electrons. The SMILES string of the molecule is CC(C)(C)c1cccc(N2c3cc(C(C)(C)C)ccc3B3c4ccc5oc6ccccc6c5c4N(c4ccc(C(C)(C)C)cc4-c4ccccc4)c4cc(N5c6ccccc6C6(C)CCCCC56C)cc2c43)c1.